The first-order valence-corrected chi connectivity index (χ1v) is 9.86. The number of benzene rings is 3. The molecule has 1 amide bonds. The monoisotopic (exact) mass is 419 g/mol. The van der Waals surface area contributed by atoms with Crippen LogP contribution in [0.25, 0.3) is 0 Å². The fourth-order valence-corrected chi connectivity index (χ4v) is 3.11. The fraction of sp³-hybridized carbons (Fsp3) is 0.200. The van der Waals surface area contributed by atoms with Gasteiger partial charge in [-0.3, -0.25) is 9.59 Å². The molecule has 31 heavy (non-hydrogen) atoms. The van der Waals surface area contributed by atoms with Gasteiger partial charge in [-0.2, -0.15) is 0 Å². The molecule has 0 unspecified atom stereocenters. The van der Waals surface area contributed by atoms with Crippen LogP contribution in [0.4, 0.5) is 0 Å². The van der Waals surface area contributed by atoms with E-state index in [1.54, 1.807) is 38.5 Å². The molecule has 0 radical (unpaired) electrons. The Labute approximate surface area is 181 Å². The van der Waals surface area contributed by atoms with Crippen molar-refractivity contribution in [2.75, 3.05) is 20.8 Å². The topological polar surface area (TPSA) is 73.9 Å². The van der Waals surface area contributed by atoms with Gasteiger partial charge in [0.2, 0.25) is 0 Å². The van der Waals surface area contributed by atoms with E-state index in [-0.39, 0.29) is 25.0 Å². The minimum absolute atomic E-state index is 0.0812. The Kier molecular flexibility index (Phi) is 7.65. The predicted molar refractivity (Wildman–Crippen MR) is 117 cm³/mol. The lowest BCUT2D eigenvalue weighted by Gasteiger charge is -2.20. The summed E-state index contributed by atoms with van der Waals surface area (Å²) < 4.78 is 15.5. The van der Waals surface area contributed by atoms with Crippen LogP contribution in [-0.2, 0) is 20.7 Å². The van der Waals surface area contributed by atoms with E-state index in [4.69, 9.17) is 14.2 Å². The van der Waals surface area contributed by atoms with Crippen molar-refractivity contribution >= 4 is 11.9 Å². The summed E-state index contributed by atoms with van der Waals surface area (Å²) in [5.74, 6) is 0.588. The van der Waals surface area contributed by atoms with Gasteiger partial charge in [-0.05, 0) is 41.0 Å². The van der Waals surface area contributed by atoms with E-state index in [1.165, 1.54) is 0 Å². The summed E-state index contributed by atoms with van der Waals surface area (Å²) in [6.45, 7) is -0.353. The smallest absolute Gasteiger partial charge is 0.310 e. The Morgan fingerprint density at radius 2 is 1.32 bits per heavy atom. The van der Waals surface area contributed by atoms with E-state index in [2.05, 4.69) is 5.32 Å². The van der Waals surface area contributed by atoms with Crippen molar-refractivity contribution in [2.45, 2.75) is 12.5 Å². The zero-order valence-corrected chi connectivity index (χ0v) is 17.5. The van der Waals surface area contributed by atoms with E-state index in [0.717, 1.165) is 22.4 Å². The molecule has 0 fully saturated rings. The molecule has 6 heteroatoms. The van der Waals surface area contributed by atoms with E-state index < -0.39 is 5.97 Å². The Bertz CT molecular complexity index is 985. The molecule has 0 bridgehead atoms. The number of carbonyl (C=O) groups is 2. The van der Waals surface area contributed by atoms with Crippen LogP contribution in [-0.4, -0.2) is 32.7 Å². The largest absolute Gasteiger partial charge is 0.497 e. The second-order valence-corrected chi connectivity index (χ2v) is 6.87. The van der Waals surface area contributed by atoms with Crippen LogP contribution in [0.3, 0.4) is 0 Å². The van der Waals surface area contributed by atoms with Crippen molar-refractivity contribution < 1.29 is 23.8 Å². The summed E-state index contributed by atoms with van der Waals surface area (Å²) in [7, 11) is 3.18. The number of amides is 1. The van der Waals surface area contributed by atoms with Gasteiger partial charge in [0, 0.05) is 0 Å². The predicted octanol–water partition coefficient (Wildman–Crippen LogP) is 3.70. The highest BCUT2D eigenvalue weighted by molar-refractivity contribution is 5.82. The number of methoxy groups -OCH3 is 2. The number of rotatable bonds is 9. The van der Waals surface area contributed by atoms with Gasteiger partial charge in [0.05, 0.1) is 26.7 Å². The summed E-state index contributed by atoms with van der Waals surface area (Å²) in [5.41, 5.74) is 2.60. The summed E-state index contributed by atoms with van der Waals surface area (Å²) in [6, 6.07) is 23.8. The van der Waals surface area contributed by atoms with Gasteiger partial charge in [-0.25, -0.2) is 0 Å². The second-order valence-electron chi connectivity index (χ2n) is 6.87. The average Bonchev–Trinajstić information content (AvgIpc) is 2.82. The molecular formula is C25H25NO5. The van der Waals surface area contributed by atoms with Crippen molar-refractivity contribution in [3.05, 3.63) is 95.6 Å². The van der Waals surface area contributed by atoms with Crippen LogP contribution in [0.15, 0.2) is 78.9 Å². The van der Waals surface area contributed by atoms with Gasteiger partial charge in [-0.1, -0.05) is 54.6 Å². The number of nitrogens with one attached hydrogen (secondary N) is 1. The van der Waals surface area contributed by atoms with Crippen LogP contribution in [0.5, 0.6) is 11.5 Å². The lowest BCUT2D eigenvalue weighted by atomic mass is 9.98. The zero-order chi connectivity index (χ0) is 22.1. The molecule has 0 heterocycles. The molecule has 0 saturated heterocycles. The first-order chi connectivity index (χ1) is 15.1. The van der Waals surface area contributed by atoms with Crippen molar-refractivity contribution in [1.82, 2.24) is 5.32 Å². The van der Waals surface area contributed by atoms with E-state index in [1.807, 2.05) is 54.6 Å². The van der Waals surface area contributed by atoms with Crippen molar-refractivity contribution in [3.63, 3.8) is 0 Å². The molecule has 1 atom stereocenters. The summed E-state index contributed by atoms with van der Waals surface area (Å²) in [4.78, 5) is 24.7. The van der Waals surface area contributed by atoms with Gasteiger partial charge in [0.25, 0.3) is 5.91 Å². The average molecular weight is 419 g/mol. The number of carbonyl (C=O) groups excluding carboxylic acids is 2. The number of hydrogen-bond donors (Lipinski definition) is 1. The first kappa shape index (κ1) is 21.9. The van der Waals surface area contributed by atoms with Crippen LogP contribution in [0, 0.1) is 0 Å². The van der Waals surface area contributed by atoms with Gasteiger partial charge in [0.15, 0.2) is 6.61 Å². The Morgan fingerprint density at radius 1 is 0.774 bits per heavy atom. The molecule has 3 rings (SSSR count). The van der Waals surface area contributed by atoms with Crippen LogP contribution in [0.1, 0.15) is 22.7 Å². The maximum absolute atomic E-state index is 12.5. The first-order valence-electron chi connectivity index (χ1n) is 9.86. The van der Waals surface area contributed by atoms with Crippen LogP contribution in [0.2, 0.25) is 0 Å². The molecule has 3 aromatic carbocycles. The molecule has 0 aromatic heterocycles. The van der Waals surface area contributed by atoms with Crippen molar-refractivity contribution in [3.8, 4) is 11.5 Å². The molecule has 0 aliphatic heterocycles. The normalized spacial score (nSPS) is 11.3. The third kappa shape index (κ3) is 6.34. The minimum atomic E-state index is -0.471. The molecule has 0 aliphatic carbocycles. The molecule has 0 saturated carbocycles. The third-order valence-corrected chi connectivity index (χ3v) is 4.76. The standard InChI is InChI=1S/C25H25NO5/c1-29-21-12-8-18(9-13-21)16-24(28)31-17-23(27)26-25(19-6-4-3-5-7-19)20-10-14-22(30-2)15-11-20/h3-15,25H,16-17H2,1-2H3,(H,26,27)/t25-/m0/s1. The van der Waals surface area contributed by atoms with Crippen LogP contribution >= 0.6 is 0 Å². The molecule has 6 nitrogen and oxygen atoms in total. The molecule has 0 aliphatic rings. The van der Waals surface area contributed by atoms with Gasteiger partial charge in [-0.15, -0.1) is 0 Å². The van der Waals surface area contributed by atoms with E-state index in [9.17, 15) is 9.59 Å². The SMILES string of the molecule is COc1ccc(CC(=O)OCC(=O)N[C@@H](c2ccccc2)c2ccc(OC)cc2)cc1. The zero-order valence-electron chi connectivity index (χ0n) is 17.5. The van der Waals surface area contributed by atoms with Crippen molar-refractivity contribution in [1.29, 1.82) is 0 Å². The highest BCUT2D eigenvalue weighted by Crippen LogP contribution is 2.24. The maximum atomic E-state index is 12.5. The van der Waals surface area contributed by atoms with Crippen molar-refractivity contribution in [2.24, 2.45) is 0 Å². The third-order valence-electron chi connectivity index (χ3n) is 4.76. The lowest BCUT2D eigenvalue weighted by molar-refractivity contribution is -0.148. The lowest BCUT2D eigenvalue weighted by Crippen LogP contribution is -2.33. The molecule has 3 aromatic rings. The fourth-order valence-electron chi connectivity index (χ4n) is 3.11. The summed E-state index contributed by atoms with van der Waals surface area (Å²) >= 11 is 0. The van der Waals surface area contributed by atoms with E-state index >= 15 is 0 Å². The minimum Gasteiger partial charge on any atom is -0.497 e. The van der Waals surface area contributed by atoms with Gasteiger partial charge in [0.1, 0.15) is 11.5 Å². The summed E-state index contributed by atoms with van der Waals surface area (Å²) in [5, 5.41) is 2.95. The highest BCUT2D eigenvalue weighted by atomic mass is 16.5. The molecular weight excluding hydrogens is 394 g/mol. The van der Waals surface area contributed by atoms with Gasteiger partial charge < -0.3 is 19.5 Å². The highest BCUT2D eigenvalue weighted by Gasteiger charge is 2.18. The Hall–Kier alpha value is -3.80. The Balaban J connectivity index is 1.61. The van der Waals surface area contributed by atoms with Gasteiger partial charge >= 0.3 is 5.97 Å². The molecule has 1 N–H and O–H groups in total. The summed E-state index contributed by atoms with van der Waals surface area (Å²) in [6.07, 6.45) is 0.0812. The second kappa shape index (κ2) is 10.8. The number of esters is 1. The molecule has 0 spiro atoms. The number of ether oxygens (including phenoxy) is 3. The number of hydrogen-bond acceptors (Lipinski definition) is 5. The van der Waals surface area contributed by atoms with Crippen LogP contribution < -0.4 is 14.8 Å². The quantitative estimate of drug-likeness (QED) is 0.536. The molecule has 160 valence electrons. The Morgan fingerprint density at radius 3 is 1.90 bits per heavy atom. The maximum Gasteiger partial charge on any atom is 0.310 e. The van der Waals surface area contributed by atoms with E-state index in [0.29, 0.717) is 5.75 Å².